The van der Waals surface area contributed by atoms with Gasteiger partial charge in [0.2, 0.25) is 5.91 Å². The number of benzene rings is 2. The summed E-state index contributed by atoms with van der Waals surface area (Å²) in [5, 5.41) is 11.9. The van der Waals surface area contributed by atoms with Crippen LogP contribution < -0.4 is 0 Å². The zero-order chi connectivity index (χ0) is 18.5. The number of hydrogen-bond donors (Lipinski definition) is 0. The summed E-state index contributed by atoms with van der Waals surface area (Å²) in [5.74, 6) is 0.354. The van der Waals surface area contributed by atoms with Gasteiger partial charge in [-0.1, -0.05) is 48.2 Å². The third-order valence-corrected chi connectivity index (χ3v) is 6.17. The number of nitrogens with zero attached hydrogens (tertiary/aromatic N) is 3. The number of carbonyl (C=O) groups is 1. The van der Waals surface area contributed by atoms with Gasteiger partial charge in [-0.3, -0.25) is 19.8 Å². The molecule has 2 aliphatic heterocycles. The van der Waals surface area contributed by atoms with E-state index < -0.39 is 4.92 Å². The Morgan fingerprint density at radius 1 is 1.15 bits per heavy atom. The minimum absolute atomic E-state index is 0.000615. The van der Waals surface area contributed by atoms with Crippen LogP contribution in [-0.2, 0) is 11.2 Å². The van der Waals surface area contributed by atoms with Crippen molar-refractivity contribution in [2.45, 2.75) is 18.9 Å². The summed E-state index contributed by atoms with van der Waals surface area (Å²) in [4.78, 5) is 30.0. The van der Waals surface area contributed by atoms with Crippen LogP contribution in [-0.4, -0.2) is 26.7 Å². The van der Waals surface area contributed by atoms with E-state index in [4.69, 9.17) is 4.99 Å². The van der Waals surface area contributed by atoms with E-state index in [0.717, 1.165) is 35.2 Å². The maximum atomic E-state index is 12.6. The van der Waals surface area contributed by atoms with Gasteiger partial charge in [0.25, 0.3) is 5.69 Å². The van der Waals surface area contributed by atoms with Gasteiger partial charge in [0, 0.05) is 17.7 Å². The Morgan fingerprint density at radius 3 is 2.85 bits per heavy atom. The van der Waals surface area contributed by atoms with Crippen molar-refractivity contribution in [3.05, 3.63) is 80.9 Å². The maximum Gasteiger partial charge on any atom is 0.269 e. The monoisotopic (exact) mass is 377 g/mol. The first-order valence-electron chi connectivity index (χ1n) is 8.73. The van der Waals surface area contributed by atoms with E-state index in [9.17, 15) is 14.9 Å². The number of non-ortho nitro benzene ring substituents is 1. The second-order valence-corrected chi connectivity index (χ2v) is 7.67. The second kappa shape index (κ2) is 6.06. The normalized spacial score (nSPS) is 20.7. The van der Waals surface area contributed by atoms with Gasteiger partial charge in [0.15, 0.2) is 5.17 Å². The van der Waals surface area contributed by atoms with Gasteiger partial charge < -0.3 is 0 Å². The van der Waals surface area contributed by atoms with Crippen molar-refractivity contribution in [2.75, 3.05) is 5.75 Å². The summed E-state index contributed by atoms with van der Waals surface area (Å²) in [6.07, 6.45) is 1.66. The molecule has 6 nitrogen and oxygen atoms in total. The number of hydrogen-bond acceptors (Lipinski definition) is 5. The highest BCUT2D eigenvalue weighted by molar-refractivity contribution is 8.15. The molecule has 0 N–H and O–H groups in total. The van der Waals surface area contributed by atoms with E-state index >= 15 is 0 Å². The standard InChI is InChI=1S/C20H15N3O3S/c24-17-11-27-20-21-18-15-7-2-1-4-12(15)8-9-16(18)19(22(17)20)13-5-3-6-14(10-13)23(25)26/h1-7,10,19H,8-9,11H2/t19-/m0/s1. The predicted octanol–water partition coefficient (Wildman–Crippen LogP) is 3.94. The number of aryl methyl sites for hydroxylation is 1. The Morgan fingerprint density at radius 2 is 2.00 bits per heavy atom. The highest BCUT2D eigenvalue weighted by Gasteiger charge is 2.42. The molecule has 0 bridgehead atoms. The fraction of sp³-hybridized carbons (Fsp3) is 0.200. The van der Waals surface area contributed by atoms with Crippen molar-refractivity contribution in [1.82, 2.24) is 4.90 Å². The molecule has 2 aromatic carbocycles. The van der Waals surface area contributed by atoms with Crippen LogP contribution in [0.4, 0.5) is 5.69 Å². The summed E-state index contributed by atoms with van der Waals surface area (Å²) in [6.45, 7) is 0. The largest absolute Gasteiger partial charge is 0.279 e. The predicted molar refractivity (Wildman–Crippen MR) is 104 cm³/mol. The molecule has 0 spiro atoms. The first-order valence-corrected chi connectivity index (χ1v) is 9.71. The van der Waals surface area contributed by atoms with Crippen LogP contribution in [0.1, 0.15) is 29.2 Å². The lowest BCUT2D eigenvalue weighted by molar-refractivity contribution is -0.384. The molecule has 27 heavy (non-hydrogen) atoms. The summed E-state index contributed by atoms with van der Waals surface area (Å²) in [7, 11) is 0. The van der Waals surface area contributed by atoms with Gasteiger partial charge in [-0.25, -0.2) is 4.99 Å². The molecule has 0 radical (unpaired) electrons. The van der Waals surface area contributed by atoms with Gasteiger partial charge in [0.05, 0.1) is 22.4 Å². The van der Waals surface area contributed by atoms with Gasteiger partial charge >= 0.3 is 0 Å². The average Bonchev–Trinajstić information content (AvgIpc) is 3.07. The zero-order valence-corrected chi connectivity index (χ0v) is 15.1. The third-order valence-electron chi connectivity index (χ3n) is 5.23. The van der Waals surface area contributed by atoms with E-state index in [-0.39, 0.29) is 17.6 Å². The van der Waals surface area contributed by atoms with Crippen molar-refractivity contribution >= 4 is 34.2 Å². The smallest absolute Gasteiger partial charge is 0.269 e. The highest BCUT2D eigenvalue weighted by Crippen LogP contribution is 2.47. The Hall–Kier alpha value is -2.93. The third kappa shape index (κ3) is 2.49. The van der Waals surface area contributed by atoms with Crippen LogP contribution in [0.3, 0.4) is 0 Å². The maximum absolute atomic E-state index is 12.6. The molecule has 2 heterocycles. The van der Waals surface area contributed by atoms with Crippen molar-refractivity contribution in [1.29, 1.82) is 0 Å². The molecule has 1 saturated heterocycles. The number of aliphatic imine (C=N–C) groups is 1. The zero-order valence-electron chi connectivity index (χ0n) is 14.3. The Kier molecular flexibility index (Phi) is 3.65. The minimum Gasteiger partial charge on any atom is -0.279 e. The van der Waals surface area contributed by atoms with E-state index in [1.807, 2.05) is 18.2 Å². The van der Waals surface area contributed by atoms with Crippen LogP contribution in [0, 0.1) is 10.1 Å². The molecule has 5 rings (SSSR count). The summed E-state index contributed by atoms with van der Waals surface area (Å²) >= 11 is 1.43. The van der Waals surface area contributed by atoms with Crippen LogP contribution >= 0.6 is 11.8 Å². The van der Waals surface area contributed by atoms with Crippen molar-refractivity contribution in [3.63, 3.8) is 0 Å². The number of thioether (sulfide) groups is 1. The molecule has 0 unspecified atom stereocenters. The van der Waals surface area contributed by atoms with E-state index in [1.54, 1.807) is 17.0 Å². The van der Waals surface area contributed by atoms with Gasteiger partial charge in [-0.15, -0.1) is 0 Å². The second-order valence-electron chi connectivity index (χ2n) is 6.73. The Labute approximate surface area is 159 Å². The topological polar surface area (TPSA) is 75.8 Å². The number of carbonyl (C=O) groups excluding carboxylic acids is 1. The number of amides is 1. The van der Waals surface area contributed by atoms with Crippen molar-refractivity contribution < 1.29 is 9.72 Å². The minimum atomic E-state index is -0.395. The molecule has 134 valence electrons. The van der Waals surface area contributed by atoms with Gasteiger partial charge in [0.1, 0.15) is 0 Å². The van der Waals surface area contributed by atoms with Crippen LogP contribution in [0.15, 0.2) is 59.1 Å². The van der Waals surface area contributed by atoms with Crippen LogP contribution in [0.5, 0.6) is 0 Å². The molecule has 1 aliphatic carbocycles. The first-order chi connectivity index (χ1) is 13.1. The van der Waals surface area contributed by atoms with Gasteiger partial charge in [-0.2, -0.15) is 0 Å². The van der Waals surface area contributed by atoms with Gasteiger partial charge in [-0.05, 0) is 29.5 Å². The van der Waals surface area contributed by atoms with Crippen molar-refractivity contribution in [3.8, 4) is 0 Å². The molecule has 1 atom stereocenters. The lowest BCUT2D eigenvalue weighted by Gasteiger charge is -2.37. The molecule has 2 aromatic rings. The highest BCUT2D eigenvalue weighted by atomic mass is 32.2. The fourth-order valence-corrected chi connectivity index (χ4v) is 4.94. The number of nitro groups is 1. The number of amidine groups is 1. The molecule has 0 saturated carbocycles. The van der Waals surface area contributed by atoms with E-state index in [1.165, 1.54) is 23.4 Å². The molecule has 1 fully saturated rings. The molecule has 1 amide bonds. The SMILES string of the molecule is O=C1CSC2=NC3=C(CCc4ccccc43)[C@H](c3cccc([N+](=O)[O-])c3)N12. The lowest BCUT2D eigenvalue weighted by atomic mass is 9.82. The van der Waals surface area contributed by atoms with Crippen molar-refractivity contribution in [2.24, 2.45) is 4.99 Å². The first kappa shape index (κ1) is 16.3. The summed E-state index contributed by atoms with van der Waals surface area (Å²) in [6, 6.07) is 14.5. The Bertz CT molecular complexity index is 1060. The van der Waals surface area contributed by atoms with E-state index in [2.05, 4.69) is 12.1 Å². The molecule has 3 aliphatic rings. The molecule has 0 aromatic heterocycles. The van der Waals surface area contributed by atoms with Crippen LogP contribution in [0.25, 0.3) is 5.70 Å². The molecule has 7 heteroatoms. The summed E-state index contributed by atoms with van der Waals surface area (Å²) < 4.78 is 0. The van der Waals surface area contributed by atoms with E-state index in [0.29, 0.717) is 10.9 Å². The number of nitro benzene ring substituents is 1. The number of rotatable bonds is 2. The Balaban J connectivity index is 1.72. The number of fused-ring (bicyclic) bond motifs is 3. The molecular formula is C20H15N3O3S. The fourth-order valence-electron chi connectivity index (χ4n) is 4.05. The van der Waals surface area contributed by atoms with Crippen LogP contribution in [0.2, 0.25) is 0 Å². The lowest BCUT2D eigenvalue weighted by Crippen LogP contribution is -2.38. The molecular weight excluding hydrogens is 362 g/mol. The average molecular weight is 377 g/mol. The summed E-state index contributed by atoms with van der Waals surface area (Å²) in [5.41, 5.74) is 5.13. The quantitative estimate of drug-likeness (QED) is 0.587.